The summed E-state index contributed by atoms with van der Waals surface area (Å²) in [5, 5.41) is 5.87. The Morgan fingerprint density at radius 2 is 1.87 bits per heavy atom. The highest BCUT2D eigenvalue weighted by molar-refractivity contribution is 6.31. The summed E-state index contributed by atoms with van der Waals surface area (Å²) in [4.78, 5) is 32.4. The average Bonchev–Trinajstić information content (AvgIpc) is 2.46. The van der Waals surface area contributed by atoms with Crippen LogP contribution in [-0.4, -0.2) is 27.8 Å². The van der Waals surface area contributed by atoms with E-state index in [9.17, 15) is 9.59 Å². The monoisotopic (exact) mass is 332 g/mol. The van der Waals surface area contributed by atoms with E-state index < -0.39 is 5.91 Å². The van der Waals surface area contributed by atoms with E-state index in [1.807, 2.05) is 13.8 Å². The third-order valence-corrected chi connectivity index (χ3v) is 3.17. The highest BCUT2D eigenvalue weighted by Crippen LogP contribution is 2.22. The zero-order valence-electron chi connectivity index (χ0n) is 13.1. The Balaban J connectivity index is 2.29. The van der Waals surface area contributed by atoms with Crippen LogP contribution in [0.5, 0.6) is 0 Å². The second kappa shape index (κ2) is 7.19. The number of aromatic nitrogens is 2. The van der Waals surface area contributed by atoms with Crippen LogP contribution in [0.15, 0.2) is 30.6 Å². The topological polar surface area (TPSA) is 84.0 Å². The van der Waals surface area contributed by atoms with Crippen LogP contribution in [0.1, 0.15) is 40.4 Å². The molecule has 2 aromatic rings. The van der Waals surface area contributed by atoms with Gasteiger partial charge in [-0.2, -0.15) is 0 Å². The zero-order chi connectivity index (χ0) is 17.0. The van der Waals surface area contributed by atoms with Gasteiger partial charge in [-0.3, -0.25) is 9.59 Å². The number of hydrogen-bond acceptors (Lipinski definition) is 4. The van der Waals surface area contributed by atoms with Gasteiger partial charge >= 0.3 is 0 Å². The lowest BCUT2D eigenvalue weighted by atomic mass is 10.1. The van der Waals surface area contributed by atoms with Gasteiger partial charge in [0.15, 0.2) is 0 Å². The van der Waals surface area contributed by atoms with Crippen LogP contribution in [-0.2, 0) is 0 Å². The van der Waals surface area contributed by atoms with Gasteiger partial charge in [-0.25, -0.2) is 9.97 Å². The Labute approximate surface area is 139 Å². The standard InChI is InChI=1S/C16H17ClN4O2/c1-9(2)20-15(22)12-5-4-11(17)7-13(12)21-16(23)14-6-10(3)18-8-19-14/h4-9H,1-3H3,(H,20,22)(H,21,23). The van der Waals surface area contributed by atoms with Crippen LogP contribution in [0, 0.1) is 6.92 Å². The first-order valence-corrected chi connectivity index (χ1v) is 7.45. The zero-order valence-corrected chi connectivity index (χ0v) is 13.8. The van der Waals surface area contributed by atoms with Gasteiger partial charge in [0.25, 0.3) is 11.8 Å². The lowest BCUT2D eigenvalue weighted by Gasteiger charge is -2.13. The normalized spacial score (nSPS) is 10.5. The number of rotatable bonds is 4. The Morgan fingerprint density at radius 1 is 1.13 bits per heavy atom. The minimum Gasteiger partial charge on any atom is -0.350 e. The molecule has 2 rings (SSSR count). The molecule has 0 aliphatic heterocycles. The molecule has 0 aliphatic rings. The van der Waals surface area contributed by atoms with Crippen LogP contribution in [0.25, 0.3) is 0 Å². The van der Waals surface area contributed by atoms with Gasteiger partial charge in [0, 0.05) is 16.8 Å². The summed E-state index contributed by atoms with van der Waals surface area (Å²) >= 11 is 5.97. The van der Waals surface area contributed by atoms with E-state index in [1.165, 1.54) is 12.4 Å². The first-order valence-electron chi connectivity index (χ1n) is 7.07. The van der Waals surface area contributed by atoms with Gasteiger partial charge in [0.1, 0.15) is 12.0 Å². The van der Waals surface area contributed by atoms with E-state index in [0.717, 1.165) is 0 Å². The van der Waals surface area contributed by atoms with E-state index in [2.05, 4.69) is 20.6 Å². The summed E-state index contributed by atoms with van der Waals surface area (Å²) in [6.07, 6.45) is 1.31. The number of halogens is 1. The molecule has 6 nitrogen and oxygen atoms in total. The Morgan fingerprint density at radius 3 is 2.52 bits per heavy atom. The number of nitrogens with zero attached hydrogens (tertiary/aromatic N) is 2. The Kier molecular flexibility index (Phi) is 5.28. The van der Waals surface area contributed by atoms with E-state index in [-0.39, 0.29) is 17.6 Å². The quantitative estimate of drug-likeness (QED) is 0.901. The van der Waals surface area contributed by atoms with E-state index in [0.29, 0.717) is 22.0 Å². The maximum atomic E-state index is 12.3. The van der Waals surface area contributed by atoms with Crippen molar-refractivity contribution in [3.8, 4) is 0 Å². The molecule has 7 heteroatoms. The maximum Gasteiger partial charge on any atom is 0.274 e. The molecule has 0 aliphatic carbocycles. The first kappa shape index (κ1) is 16.9. The lowest BCUT2D eigenvalue weighted by Crippen LogP contribution is -2.31. The molecule has 1 heterocycles. The fraction of sp³-hybridized carbons (Fsp3) is 0.250. The molecule has 0 atom stereocenters. The summed E-state index contributed by atoms with van der Waals surface area (Å²) in [7, 11) is 0. The summed E-state index contributed by atoms with van der Waals surface area (Å²) in [6, 6.07) is 6.24. The SMILES string of the molecule is Cc1cc(C(=O)Nc2cc(Cl)ccc2C(=O)NC(C)C)ncn1. The summed E-state index contributed by atoms with van der Waals surface area (Å²) in [5.41, 5.74) is 1.56. The number of aryl methyl sites for hydroxylation is 1. The van der Waals surface area contributed by atoms with E-state index in [1.54, 1.807) is 25.1 Å². The molecular formula is C16H17ClN4O2. The van der Waals surface area contributed by atoms with Crippen LogP contribution in [0.2, 0.25) is 5.02 Å². The molecule has 0 spiro atoms. The largest absolute Gasteiger partial charge is 0.350 e. The number of carbonyl (C=O) groups excluding carboxylic acids is 2. The fourth-order valence-corrected chi connectivity index (χ4v) is 2.09. The van der Waals surface area contributed by atoms with Crippen molar-refractivity contribution in [2.24, 2.45) is 0 Å². The van der Waals surface area contributed by atoms with Crippen LogP contribution >= 0.6 is 11.6 Å². The molecule has 23 heavy (non-hydrogen) atoms. The predicted octanol–water partition coefficient (Wildman–Crippen LogP) is 2.83. The molecule has 0 fully saturated rings. The fourth-order valence-electron chi connectivity index (χ4n) is 1.92. The molecule has 1 aromatic carbocycles. The van der Waals surface area contributed by atoms with Crippen molar-refractivity contribution in [3.63, 3.8) is 0 Å². The predicted molar refractivity (Wildman–Crippen MR) is 88.8 cm³/mol. The van der Waals surface area contributed by atoms with Gasteiger partial charge in [-0.15, -0.1) is 0 Å². The summed E-state index contributed by atoms with van der Waals surface area (Å²) in [6.45, 7) is 5.48. The third-order valence-electron chi connectivity index (χ3n) is 2.93. The smallest absolute Gasteiger partial charge is 0.274 e. The Hall–Kier alpha value is -2.47. The number of carbonyl (C=O) groups is 2. The van der Waals surface area contributed by atoms with Gasteiger partial charge in [-0.05, 0) is 45.0 Å². The van der Waals surface area contributed by atoms with Gasteiger partial charge in [0.2, 0.25) is 0 Å². The van der Waals surface area contributed by atoms with Gasteiger partial charge in [0.05, 0.1) is 11.3 Å². The molecule has 1 aromatic heterocycles. The van der Waals surface area contributed by atoms with Crippen LogP contribution in [0.4, 0.5) is 5.69 Å². The molecule has 0 saturated heterocycles. The molecule has 2 N–H and O–H groups in total. The molecule has 0 radical (unpaired) electrons. The third kappa shape index (κ3) is 4.50. The van der Waals surface area contributed by atoms with Crippen molar-refractivity contribution >= 4 is 29.1 Å². The first-order chi connectivity index (χ1) is 10.9. The molecule has 120 valence electrons. The minimum atomic E-state index is -0.434. The molecule has 0 bridgehead atoms. The van der Waals surface area contributed by atoms with Crippen molar-refractivity contribution in [2.75, 3.05) is 5.32 Å². The molecule has 2 amide bonds. The summed E-state index contributed by atoms with van der Waals surface area (Å²) < 4.78 is 0. The minimum absolute atomic E-state index is 0.0220. The average molecular weight is 333 g/mol. The van der Waals surface area contributed by atoms with Crippen molar-refractivity contribution in [3.05, 3.63) is 52.6 Å². The van der Waals surface area contributed by atoms with Gasteiger partial charge in [-0.1, -0.05) is 11.6 Å². The number of anilines is 1. The molecular weight excluding hydrogens is 316 g/mol. The van der Waals surface area contributed by atoms with Crippen molar-refractivity contribution in [1.29, 1.82) is 0 Å². The van der Waals surface area contributed by atoms with E-state index in [4.69, 9.17) is 11.6 Å². The number of benzene rings is 1. The highest BCUT2D eigenvalue weighted by Gasteiger charge is 2.16. The second-order valence-corrected chi connectivity index (χ2v) is 5.75. The molecule has 0 saturated carbocycles. The maximum absolute atomic E-state index is 12.3. The van der Waals surface area contributed by atoms with Gasteiger partial charge < -0.3 is 10.6 Å². The van der Waals surface area contributed by atoms with Crippen molar-refractivity contribution in [1.82, 2.24) is 15.3 Å². The van der Waals surface area contributed by atoms with Crippen molar-refractivity contribution in [2.45, 2.75) is 26.8 Å². The lowest BCUT2D eigenvalue weighted by molar-refractivity contribution is 0.0944. The highest BCUT2D eigenvalue weighted by atomic mass is 35.5. The second-order valence-electron chi connectivity index (χ2n) is 5.32. The number of amides is 2. The Bertz CT molecular complexity index is 747. The van der Waals surface area contributed by atoms with Crippen LogP contribution in [0.3, 0.4) is 0 Å². The van der Waals surface area contributed by atoms with E-state index >= 15 is 0 Å². The number of hydrogen-bond donors (Lipinski definition) is 2. The summed E-state index contributed by atoms with van der Waals surface area (Å²) in [5.74, 6) is -0.720. The number of nitrogens with one attached hydrogen (secondary N) is 2. The molecule has 0 unspecified atom stereocenters. The van der Waals surface area contributed by atoms with Crippen molar-refractivity contribution < 1.29 is 9.59 Å². The van der Waals surface area contributed by atoms with Crippen LogP contribution < -0.4 is 10.6 Å².